The number of nitrogens with one attached hydrogen (secondary N) is 2. The number of para-hydroxylation sites is 1. The molecule has 2 aromatic heterocycles. The summed E-state index contributed by atoms with van der Waals surface area (Å²) in [5.41, 5.74) is 2.01. The van der Waals surface area contributed by atoms with E-state index in [1.807, 2.05) is 29.6 Å². The Bertz CT molecular complexity index is 1050. The number of carbonyl (C=O) groups is 2. The molecule has 0 radical (unpaired) electrons. The quantitative estimate of drug-likeness (QED) is 0.700. The maximum absolute atomic E-state index is 12.9. The van der Waals surface area contributed by atoms with Gasteiger partial charge in [0.15, 0.2) is 0 Å². The minimum atomic E-state index is -4.58. The first-order chi connectivity index (χ1) is 13.7. The molecule has 152 valence electrons. The van der Waals surface area contributed by atoms with Crippen LogP contribution < -0.4 is 5.32 Å². The van der Waals surface area contributed by atoms with Gasteiger partial charge in [-0.2, -0.15) is 13.2 Å². The van der Waals surface area contributed by atoms with Crippen LogP contribution in [0, 0.1) is 0 Å². The monoisotopic (exact) mass is 406 g/mol. The highest BCUT2D eigenvalue weighted by Crippen LogP contribution is 2.26. The van der Waals surface area contributed by atoms with Crippen molar-refractivity contribution in [1.82, 2.24) is 20.4 Å². The third-order valence-corrected chi connectivity index (χ3v) is 4.93. The van der Waals surface area contributed by atoms with Crippen LogP contribution in [0.4, 0.5) is 13.2 Å². The molecule has 1 aliphatic heterocycles. The highest BCUT2D eigenvalue weighted by molar-refractivity contribution is 5.98. The molecule has 3 aromatic rings. The molecule has 0 unspecified atom stereocenters. The molecule has 1 aromatic carbocycles. The maximum atomic E-state index is 12.9. The first-order valence-electron chi connectivity index (χ1n) is 8.96. The lowest BCUT2D eigenvalue weighted by Gasteiger charge is -2.26. The molecule has 2 amide bonds. The number of H-pyrrole nitrogens is 1. The number of halogens is 3. The Kier molecular flexibility index (Phi) is 4.56. The summed E-state index contributed by atoms with van der Waals surface area (Å²) in [5, 5.41) is 6.53. The molecule has 1 atom stereocenters. The summed E-state index contributed by atoms with van der Waals surface area (Å²) >= 11 is 0. The van der Waals surface area contributed by atoms with E-state index in [0.29, 0.717) is 29.9 Å². The van der Waals surface area contributed by atoms with Gasteiger partial charge in [0.25, 0.3) is 11.8 Å². The Morgan fingerprint density at radius 1 is 1.31 bits per heavy atom. The average molecular weight is 406 g/mol. The molecular formula is C19H17F3N4O3. The number of carbonyl (C=O) groups excluding carboxylic acids is 2. The zero-order chi connectivity index (χ0) is 20.8. The number of benzene rings is 1. The lowest BCUT2D eigenvalue weighted by molar-refractivity contribution is -0.149. The van der Waals surface area contributed by atoms with Crippen molar-refractivity contribution >= 4 is 22.7 Å². The van der Waals surface area contributed by atoms with E-state index in [2.05, 4.69) is 10.1 Å². The second-order valence-corrected chi connectivity index (χ2v) is 6.92. The SMILES string of the molecule is C[C@@H](NC(=O)c1onc2c1CN(C(=O)c1cc3ccccc3[nH]1)CC2)C(F)(F)F. The number of hydrogen-bond acceptors (Lipinski definition) is 4. The van der Waals surface area contributed by atoms with E-state index in [0.717, 1.165) is 17.8 Å². The maximum Gasteiger partial charge on any atom is 0.408 e. The molecular weight excluding hydrogens is 389 g/mol. The van der Waals surface area contributed by atoms with E-state index in [1.54, 1.807) is 6.07 Å². The second-order valence-electron chi connectivity index (χ2n) is 6.92. The van der Waals surface area contributed by atoms with Crippen LogP contribution in [0.25, 0.3) is 10.9 Å². The number of rotatable bonds is 3. The first kappa shape index (κ1) is 19.0. The summed E-state index contributed by atoms with van der Waals surface area (Å²) in [6.45, 7) is 1.22. The van der Waals surface area contributed by atoms with Crippen molar-refractivity contribution in [2.24, 2.45) is 0 Å². The Balaban J connectivity index is 1.54. The van der Waals surface area contributed by atoms with Gasteiger partial charge < -0.3 is 19.7 Å². The normalized spacial score (nSPS) is 15.2. The van der Waals surface area contributed by atoms with Gasteiger partial charge in [-0.05, 0) is 19.1 Å². The fourth-order valence-electron chi connectivity index (χ4n) is 3.27. The highest BCUT2D eigenvalue weighted by Gasteiger charge is 2.39. The van der Waals surface area contributed by atoms with Crippen molar-refractivity contribution in [1.29, 1.82) is 0 Å². The minimum absolute atomic E-state index is 0.0240. The van der Waals surface area contributed by atoms with Crippen molar-refractivity contribution in [2.45, 2.75) is 32.1 Å². The molecule has 4 rings (SSSR count). The van der Waals surface area contributed by atoms with Crippen LogP contribution in [0.5, 0.6) is 0 Å². The van der Waals surface area contributed by atoms with Crippen molar-refractivity contribution in [2.75, 3.05) is 6.54 Å². The Labute approximate surface area is 162 Å². The van der Waals surface area contributed by atoms with E-state index in [9.17, 15) is 22.8 Å². The van der Waals surface area contributed by atoms with Crippen molar-refractivity contribution in [3.8, 4) is 0 Å². The molecule has 29 heavy (non-hydrogen) atoms. The fraction of sp³-hybridized carbons (Fsp3) is 0.316. The van der Waals surface area contributed by atoms with Gasteiger partial charge in [0, 0.05) is 29.4 Å². The Hall–Kier alpha value is -3.30. The topological polar surface area (TPSA) is 91.2 Å². The standard InChI is InChI=1S/C19H17F3N4O3/c1-10(19(20,21)22)23-17(27)16-12-9-26(7-6-14(12)25-29-16)18(28)15-8-11-4-2-3-5-13(11)24-15/h2-5,8,10,24H,6-7,9H2,1H3,(H,23,27)/t10-/m1/s1. The molecule has 1 aliphatic rings. The molecule has 0 aliphatic carbocycles. The van der Waals surface area contributed by atoms with Gasteiger partial charge in [-0.15, -0.1) is 0 Å². The largest absolute Gasteiger partial charge is 0.408 e. The second kappa shape index (κ2) is 6.94. The van der Waals surface area contributed by atoms with Crippen molar-refractivity contribution in [3.05, 3.63) is 53.0 Å². The summed E-state index contributed by atoms with van der Waals surface area (Å²) in [7, 11) is 0. The molecule has 0 saturated heterocycles. The van der Waals surface area contributed by atoms with Crippen LogP contribution in [0.1, 0.15) is 39.2 Å². The Morgan fingerprint density at radius 2 is 2.07 bits per heavy atom. The zero-order valence-electron chi connectivity index (χ0n) is 15.3. The van der Waals surface area contributed by atoms with Gasteiger partial charge in [0.2, 0.25) is 5.76 Å². The van der Waals surface area contributed by atoms with Crippen LogP contribution in [0.2, 0.25) is 0 Å². The molecule has 0 fully saturated rings. The van der Waals surface area contributed by atoms with Gasteiger partial charge >= 0.3 is 6.18 Å². The van der Waals surface area contributed by atoms with E-state index in [-0.39, 0.29) is 18.2 Å². The van der Waals surface area contributed by atoms with E-state index in [4.69, 9.17) is 4.52 Å². The number of aromatic amines is 1. The number of hydrogen-bond donors (Lipinski definition) is 2. The van der Waals surface area contributed by atoms with Gasteiger partial charge in [0.05, 0.1) is 12.2 Å². The molecule has 7 nitrogen and oxygen atoms in total. The summed E-state index contributed by atoms with van der Waals surface area (Å²) < 4.78 is 43.1. The average Bonchev–Trinajstić information content (AvgIpc) is 3.30. The number of amides is 2. The van der Waals surface area contributed by atoms with Crippen molar-refractivity contribution < 1.29 is 27.3 Å². The highest BCUT2D eigenvalue weighted by atomic mass is 19.4. The van der Waals surface area contributed by atoms with Crippen LogP contribution in [0.15, 0.2) is 34.9 Å². The Morgan fingerprint density at radius 3 is 2.79 bits per heavy atom. The molecule has 0 saturated carbocycles. The minimum Gasteiger partial charge on any atom is -0.351 e. The molecule has 0 bridgehead atoms. The first-order valence-corrected chi connectivity index (χ1v) is 8.96. The van der Waals surface area contributed by atoms with Gasteiger partial charge in [-0.3, -0.25) is 9.59 Å². The molecule has 3 heterocycles. The van der Waals surface area contributed by atoms with Gasteiger partial charge in [0.1, 0.15) is 11.7 Å². The molecule has 0 spiro atoms. The molecule has 10 heteroatoms. The summed E-state index contributed by atoms with van der Waals surface area (Å²) in [5.74, 6) is -1.59. The summed E-state index contributed by atoms with van der Waals surface area (Å²) in [4.78, 5) is 29.7. The van der Waals surface area contributed by atoms with Crippen LogP contribution in [-0.2, 0) is 13.0 Å². The van der Waals surface area contributed by atoms with Crippen molar-refractivity contribution in [3.63, 3.8) is 0 Å². The van der Waals surface area contributed by atoms with E-state index >= 15 is 0 Å². The number of nitrogens with zero attached hydrogens (tertiary/aromatic N) is 2. The van der Waals surface area contributed by atoms with Crippen LogP contribution in [-0.4, -0.2) is 45.6 Å². The summed E-state index contributed by atoms with van der Waals surface area (Å²) in [6.07, 6.45) is -4.24. The predicted octanol–water partition coefficient (Wildman–Crippen LogP) is 3.04. The number of aromatic nitrogens is 2. The van der Waals surface area contributed by atoms with Crippen LogP contribution >= 0.6 is 0 Å². The van der Waals surface area contributed by atoms with Gasteiger partial charge in [-0.1, -0.05) is 23.4 Å². The summed E-state index contributed by atoms with van der Waals surface area (Å²) in [6, 6.07) is 7.14. The van der Waals surface area contributed by atoms with E-state index in [1.165, 1.54) is 4.90 Å². The smallest absolute Gasteiger partial charge is 0.351 e. The van der Waals surface area contributed by atoms with Gasteiger partial charge in [-0.25, -0.2) is 0 Å². The third-order valence-electron chi connectivity index (χ3n) is 4.93. The third kappa shape index (κ3) is 3.57. The number of alkyl halides is 3. The predicted molar refractivity (Wildman–Crippen MR) is 96.2 cm³/mol. The van der Waals surface area contributed by atoms with E-state index < -0.39 is 18.1 Å². The lowest BCUT2D eigenvalue weighted by atomic mass is 10.0. The van der Waals surface area contributed by atoms with Crippen LogP contribution in [0.3, 0.4) is 0 Å². The zero-order valence-corrected chi connectivity index (χ0v) is 15.3. The lowest BCUT2D eigenvalue weighted by Crippen LogP contribution is -2.43. The molecule has 2 N–H and O–H groups in total. The fourth-order valence-corrected chi connectivity index (χ4v) is 3.27. The number of fused-ring (bicyclic) bond motifs is 2.